The largest absolute Gasteiger partial charge is 0.339 e. The minimum atomic E-state index is 0.251. The molecule has 0 fully saturated rings. The molecule has 0 atom stereocenters. The van der Waals surface area contributed by atoms with Crippen LogP contribution in [0.2, 0.25) is 5.28 Å². The lowest BCUT2D eigenvalue weighted by molar-refractivity contribution is 1.22. The number of nitrogens with one attached hydrogen (secondary N) is 1. The van der Waals surface area contributed by atoms with Crippen molar-refractivity contribution in [3.05, 3.63) is 70.3 Å². The molecule has 2 aromatic heterocycles. The summed E-state index contributed by atoms with van der Waals surface area (Å²) in [5.74, 6) is 0.738. The van der Waals surface area contributed by atoms with Crippen molar-refractivity contribution in [3.8, 4) is 11.1 Å². The highest BCUT2D eigenvalue weighted by Gasteiger charge is 2.15. The summed E-state index contributed by atoms with van der Waals surface area (Å²) in [6, 6.07) is 16.6. The van der Waals surface area contributed by atoms with E-state index in [4.69, 9.17) is 11.6 Å². The molecule has 2 aromatic carbocycles. The summed E-state index contributed by atoms with van der Waals surface area (Å²) < 4.78 is 0. The number of aromatic nitrogens is 2. The number of hydrogen-bond acceptors (Lipinski definition) is 4. The van der Waals surface area contributed by atoms with Gasteiger partial charge in [-0.15, -0.1) is 11.3 Å². The summed E-state index contributed by atoms with van der Waals surface area (Å²) in [5.41, 5.74) is 5.67. The highest BCUT2D eigenvalue weighted by molar-refractivity contribution is 7.17. The highest BCUT2D eigenvalue weighted by atomic mass is 35.5. The van der Waals surface area contributed by atoms with Gasteiger partial charge in [0.25, 0.3) is 0 Å². The molecule has 0 saturated heterocycles. The maximum atomic E-state index is 6.15. The fourth-order valence-corrected chi connectivity index (χ4v) is 4.08. The van der Waals surface area contributed by atoms with Gasteiger partial charge in [-0.25, -0.2) is 4.98 Å². The van der Waals surface area contributed by atoms with Gasteiger partial charge >= 0.3 is 0 Å². The molecule has 0 aliphatic rings. The monoisotopic (exact) mass is 365 g/mol. The summed E-state index contributed by atoms with van der Waals surface area (Å²) in [5, 5.41) is 6.81. The Morgan fingerprint density at radius 3 is 2.56 bits per heavy atom. The first-order valence-corrected chi connectivity index (χ1v) is 9.22. The first-order valence-electron chi connectivity index (χ1n) is 7.96. The molecule has 2 heterocycles. The van der Waals surface area contributed by atoms with Gasteiger partial charge in [0.15, 0.2) is 0 Å². The zero-order valence-electron chi connectivity index (χ0n) is 13.9. The number of thiophene rings is 1. The van der Waals surface area contributed by atoms with Crippen LogP contribution < -0.4 is 5.32 Å². The first-order chi connectivity index (χ1) is 12.1. The Kier molecular flexibility index (Phi) is 4.15. The van der Waals surface area contributed by atoms with Crippen LogP contribution in [0.15, 0.2) is 53.9 Å². The fourth-order valence-electron chi connectivity index (χ4n) is 2.92. The van der Waals surface area contributed by atoms with Crippen LogP contribution in [0, 0.1) is 13.8 Å². The van der Waals surface area contributed by atoms with Crippen molar-refractivity contribution >= 4 is 44.7 Å². The third-order valence-electron chi connectivity index (χ3n) is 4.13. The number of fused-ring (bicyclic) bond motifs is 1. The molecule has 0 bridgehead atoms. The molecule has 0 spiro atoms. The van der Waals surface area contributed by atoms with Crippen LogP contribution in [0.25, 0.3) is 21.3 Å². The van der Waals surface area contributed by atoms with Crippen molar-refractivity contribution in [2.24, 2.45) is 0 Å². The zero-order valence-corrected chi connectivity index (χ0v) is 15.4. The van der Waals surface area contributed by atoms with Crippen molar-refractivity contribution in [2.45, 2.75) is 13.8 Å². The molecule has 4 rings (SSSR count). The minimum Gasteiger partial charge on any atom is -0.339 e. The highest BCUT2D eigenvalue weighted by Crippen LogP contribution is 2.38. The fraction of sp³-hybridized carbons (Fsp3) is 0.100. The Balaban J connectivity index is 1.89. The van der Waals surface area contributed by atoms with Crippen molar-refractivity contribution in [2.75, 3.05) is 5.32 Å². The van der Waals surface area contributed by atoms with E-state index in [0.717, 1.165) is 32.8 Å². The lowest BCUT2D eigenvalue weighted by Crippen LogP contribution is -1.98. The van der Waals surface area contributed by atoms with E-state index in [0.29, 0.717) is 0 Å². The maximum absolute atomic E-state index is 6.15. The lowest BCUT2D eigenvalue weighted by Gasteiger charge is -2.12. The van der Waals surface area contributed by atoms with Crippen LogP contribution in [0.5, 0.6) is 0 Å². The Morgan fingerprint density at radius 1 is 1.00 bits per heavy atom. The van der Waals surface area contributed by atoms with Crippen LogP contribution in [0.4, 0.5) is 11.5 Å². The van der Waals surface area contributed by atoms with Crippen molar-refractivity contribution in [1.82, 2.24) is 9.97 Å². The molecular formula is C20H16ClN3S. The van der Waals surface area contributed by atoms with Crippen molar-refractivity contribution < 1.29 is 0 Å². The number of rotatable bonds is 3. The zero-order chi connectivity index (χ0) is 17.4. The standard InChI is InChI=1S/C20H16ClN3S/c1-12-8-9-16(13(2)10-12)22-18-17-15(14-6-4-3-5-7-14)11-25-19(17)24-20(21)23-18/h3-11H,1-2H3,(H,22,23,24). The van der Waals surface area contributed by atoms with Gasteiger partial charge in [0, 0.05) is 16.6 Å². The molecule has 25 heavy (non-hydrogen) atoms. The van der Waals surface area contributed by atoms with Gasteiger partial charge in [0.2, 0.25) is 5.28 Å². The Hall–Kier alpha value is -2.43. The second kappa shape index (κ2) is 6.47. The van der Waals surface area contributed by atoms with Gasteiger partial charge in [-0.3, -0.25) is 0 Å². The Morgan fingerprint density at radius 2 is 1.80 bits per heavy atom. The number of aryl methyl sites for hydroxylation is 2. The quantitative estimate of drug-likeness (QED) is 0.428. The van der Waals surface area contributed by atoms with Gasteiger partial charge in [-0.2, -0.15) is 4.98 Å². The van der Waals surface area contributed by atoms with Crippen LogP contribution in [-0.2, 0) is 0 Å². The molecule has 0 radical (unpaired) electrons. The van der Waals surface area contributed by atoms with Crippen LogP contribution in [0.1, 0.15) is 11.1 Å². The topological polar surface area (TPSA) is 37.8 Å². The molecular weight excluding hydrogens is 350 g/mol. The van der Waals surface area contributed by atoms with E-state index in [-0.39, 0.29) is 5.28 Å². The second-order valence-electron chi connectivity index (χ2n) is 5.98. The maximum Gasteiger partial charge on any atom is 0.225 e. The molecule has 5 heteroatoms. The van der Waals surface area contributed by atoms with Gasteiger partial charge in [-0.1, -0.05) is 48.0 Å². The molecule has 0 aliphatic heterocycles. The Bertz CT molecular complexity index is 1060. The summed E-state index contributed by atoms with van der Waals surface area (Å²) in [6.07, 6.45) is 0. The van der Waals surface area contributed by atoms with E-state index in [9.17, 15) is 0 Å². The average Bonchev–Trinajstić information content (AvgIpc) is 3.02. The normalized spacial score (nSPS) is 11.0. The van der Waals surface area contributed by atoms with E-state index in [1.807, 2.05) is 18.2 Å². The van der Waals surface area contributed by atoms with Gasteiger partial charge < -0.3 is 5.32 Å². The van der Waals surface area contributed by atoms with Gasteiger partial charge in [0.05, 0.1) is 5.39 Å². The number of hydrogen-bond donors (Lipinski definition) is 1. The molecule has 3 nitrogen and oxygen atoms in total. The third kappa shape index (κ3) is 3.11. The third-order valence-corrected chi connectivity index (χ3v) is 5.17. The van der Waals surface area contributed by atoms with Gasteiger partial charge in [-0.05, 0) is 42.6 Å². The van der Waals surface area contributed by atoms with Crippen molar-refractivity contribution in [1.29, 1.82) is 0 Å². The second-order valence-corrected chi connectivity index (χ2v) is 7.18. The van der Waals surface area contributed by atoms with Crippen LogP contribution in [0.3, 0.4) is 0 Å². The number of anilines is 2. The van der Waals surface area contributed by atoms with E-state index < -0.39 is 0 Å². The average molecular weight is 366 g/mol. The van der Waals surface area contributed by atoms with E-state index in [1.54, 1.807) is 11.3 Å². The molecule has 124 valence electrons. The molecule has 0 saturated carbocycles. The SMILES string of the molecule is Cc1ccc(Nc2nc(Cl)nc3scc(-c4ccccc4)c23)c(C)c1. The molecule has 0 unspecified atom stereocenters. The van der Waals surface area contributed by atoms with E-state index >= 15 is 0 Å². The van der Waals surface area contributed by atoms with Crippen LogP contribution in [-0.4, -0.2) is 9.97 Å². The van der Waals surface area contributed by atoms with Crippen LogP contribution >= 0.6 is 22.9 Å². The Labute approximate surface area is 155 Å². The minimum absolute atomic E-state index is 0.251. The predicted molar refractivity (Wildman–Crippen MR) is 107 cm³/mol. The molecule has 0 aliphatic carbocycles. The predicted octanol–water partition coefficient (Wildman–Crippen LogP) is 6.37. The summed E-state index contributed by atoms with van der Waals surface area (Å²) in [7, 11) is 0. The van der Waals surface area contributed by atoms with Gasteiger partial charge in [0.1, 0.15) is 10.6 Å². The number of benzene rings is 2. The van der Waals surface area contributed by atoms with E-state index in [1.165, 1.54) is 11.1 Å². The molecule has 1 N–H and O–H groups in total. The number of nitrogens with zero attached hydrogens (tertiary/aromatic N) is 2. The van der Waals surface area contributed by atoms with Crippen molar-refractivity contribution in [3.63, 3.8) is 0 Å². The lowest BCUT2D eigenvalue weighted by atomic mass is 10.1. The summed E-state index contributed by atoms with van der Waals surface area (Å²) in [4.78, 5) is 9.74. The smallest absolute Gasteiger partial charge is 0.225 e. The molecule has 4 aromatic rings. The molecule has 0 amide bonds. The summed E-state index contributed by atoms with van der Waals surface area (Å²) in [6.45, 7) is 4.17. The summed E-state index contributed by atoms with van der Waals surface area (Å²) >= 11 is 7.73. The first kappa shape index (κ1) is 16.1. The number of halogens is 1. The van der Waals surface area contributed by atoms with E-state index in [2.05, 4.69) is 64.8 Å².